The number of carbonyl (C=O) groups excluding carboxylic acids is 1. The van der Waals surface area contributed by atoms with Crippen LogP contribution in [0.3, 0.4) is 0 Å². The van der Waals surface area contributed by atoms with Gasteiger partial charge in [-0.2, -0.15) is 0 Å². The summed E-state index contributed by atoms with van der Waals surface area (Å²) in [4.78, 5) is 17.7. The Morgan fingerprint density at radius 3 is 2.62 bits per heavy atom. The highest BCUT2D eigenvalue weighted by Crippen LogP contribution is 2.35. The molecule has 1 aromatic heterocycles. The molecule has 0 spiro atoms. The van der Waals surface area contributed by atoms with E-state index in [4.69, 9.17) is 4.74 Å². The predicted molar refractivity (Wildman–Crippen MR) is 96.2 cm³/mol. The van der Waals surface area contributed by atoms with Crippen molar-refractivity contribution in [2.24, 2.45) is 0 Å². The molecule has 1 atom stereocenters. The van der Waals surface area contributed by atoms with Crippen LogP contribution in [-0.2, 0) is 15.1 Å². The molecule has 2 aromatic rings. The number of hydrogen-bond donors (Lipinski definition) is 1. The quantitative estimate of drug-likeness (QED) is 0.898. The molecule has 0 bridgehead atoms. The summed E-state index contributed by atoms with van der Waals surface area (Å²) in [5.41, 5.74) is 1.68. The first-order chi connectivity index (χ1) is 11.6. The summed E-state index contributed by atoms with van der Waals surface area (Å²) < 4.78 is 5.53. The summed E-state index contributed by atoms with van der Waals surface area (Å²) in [7, 11) is 0. The van der Waals surface area contributed by atoms with E-state index in [-0.39, 0.29) is 11.8 Å². The Morgan fingerprint density at radius 1 is 1.33 bits per heavy atom. The van der Waals surface area contributed by atoms with E-state index >= 15 is 0 Å². The Hall–Kier alpha value is -1.72. The minimum atomic E-state index is -0.392. The molecule has 5 heteroatoms. The molecular weight excluding hydrogens is 320 g/mol. The normalized spacial score (nSPS) is 18.1. The number of aryl methyl sites for hydroxylation is 1. The van der Waals surface area contributed by atoms with Gasteiger partial charge in [-0.15, -0.1) is 11.3 Å². The first-order valence-corrected chi connectivity index (χ1v) is 9.40. The zero-order chi connectivity index (χ0) is 17.0. The van der Waals surface area contributed by atoms with Crippen molar-refractivity contribution < 1.29 is 9.53 Å². The van der Waals surface area contributed by atoms with Crippen LogP contribution in [0.1, 0.15) is 48.4 Å². The number of carbonyl (C=O) groups is 1. The fourth-order valence-electron chi connectivity index (χ4n) is 3.27. The number of benzene rings is 1. The second kappa shape index (κ2) is 7.45. The van der Waals surface area contributed by atoms with Gasteiger partial charge in [-0.05, 0) is 18.9 Å². The zero-order valence-corrected chi connectivity index (χ0v) is 15.1. The van der Waals surface area contributed by atoms with Crippen molar-refractivity contribution in [1.82, 2.24) is 10.3 Å². The molecule has 1 aromatic carbocycles. The number of hydrogen-bond acceptors (Lipinski definition) is 4. The van der Waals surface area contributed by atoms with Crippen molar-refractivity contribution in [3.05, 3.63) is 52.0 Å². The Bertz CT molecular complexity index is 678. The minimum Gasteiger partial charge on any atom is -0.381 e. The molecule has 2 heterocycles. The number of ether oxygens (including phenoxy) is 1. The Morgan fingerprint density at radius 2 is 2.04 bits per heavy atom. The maximum absolute atomic E-state index is 13.1. The minimum absolute atomic E-state index is 0.0819. The molecule has 1 saturated heterocycles. The van der Waals surface area contributed by atoms with Gasteiger partial charge in [0.2, 0.25) is 5.91 Å². The van der Waals surface area contributed by atoms with E-state index in [0.29, 0.717) is 13.2 Å². The lowest BCUT2D eigenvalue weighted by Gasteiger charge is -2.37. The van der Waals surface area contributed by atoms with E-state index in [1.54, 1.807) is 11.3 Å². The lowest BCUT2D eigenvalue weighted by Crippen LogP contribution is -2.50. The molecule has 0 radical (unpaired) electrons. The molecule has 0 unspecified atom stereocenters. The van der Waals surface area contributed by atoms with E-state index < -0.39 is 5.54 Å². The summed E-state index contributed by atoms with van der Waals surface area (Å²) in [5, 5.41) is 6.39. The lowest BCUT2D eigenvalue weighted by molar-refractivity contribution is -0.126. The van der Waals surface area contributed by atoms with Gasteiger partial charge >= 0.3 is 0 Å². The molecule has 4 nitrogen and oxygen atoms in total. The van der Waals surface area contributed by atoms with Crippen LogP contribution in [0.15, 0.2) is 35.7 Å². The van der Waals surface area contributed by atoms with Gasteiger partial charge < -0.3 is 10.1 Å². The van der Waals surface area contributed by atoms with Gasteiger partial charge in [0.1, 0.15) is 5.01 Å². The third-order valence-corrected chi connectivity index (χ3v) is 5.83. The first kappa shape index (κ1) is 17.1. The van der Waals surface area contributed by atoms with Crippen molar-refractivity contribution in [3.63, 3.8) is 0 Å². The summed E-state index contributed by atoms with van der Waals surface area (Å²) in [6.45, 7) is 5.36. The van der Waals surface area contributed by atoms with Crippen LogP contribution in [0.4, 0.5) is 0 Å². The van der Waals surface area contributed by atoms with Crippen molar-refractivity contribution >= 4 is 17.2 Å². The van der Waals surface area contributed by atoms with Gasteiger partial charge in [0.25, 0.3) is 0 Å². The maximum atomic E-state index is 13.1. The number of nitrogens with zero attached hydrogens (tertiary/aromatic N) is 1. The van der Waals surface area contributed by atoms with Crippen molar-refractivity contribution in [2.75, 3.05) is 13.2 Å². The van der Waals surface area contributed by atoms with Crippen LogP contribution in [0, 0.1) is 6.92 Å². The molecule has 1 amide bonds. The van der Waals surface area contributed by atoms with E-state index in [0.717, 1.165) is 35.5 Å². The number of amides is 1. The van der Waals surface area contributed by atoms with E-state index in [1.807, 2.05) is 42.6 Å². The summed E-state index contributed by atoms with van der Waals surface area (Å²) >= 11 is 1.63. The van der Waals surface area contributed by atoms with Crippen molar-refractivity contribution in [1.29, 1.82) is 0 Å². The number of rotatable bonds is 5. The molecular formula is C19H24N2O2S. The highest BCUT2D eigenvalue weighted by molar-refractivity contribution is 7.09. The zero-order valence-electron chi connectivity index (χ0n) is 14.2. The Labute approximate surface area is 147 Å². The van der Waals surface area contributed by atoms with Gasteiger partial charge in [0.05, 0.1) is 11.5 Å². The number of aromatic nitrogens is 1. The van der Waals surface area contributed by atoms with Gasteiger partial charge in [-0.1, -0.05) is 37.3 Å². The van der Waals surface area contributed by atoms with Crippen molar-refractivity contribution in [3.8, 4) is 0 Å². The molecule has 128 valence electrons. The molecule has 3 rings (SSSR count). The second-order valence-corrected chi connectivity index (χ2v) is 7.21. The van der Waals surface area contributed by atoms with E-state index in [9.17, 15) is 4.79 Å². The van der Waals surface area contributed by atoms with Gasteiger partial charge in [0, 0.05) is 37.1 Å². The molecule has 0 saturated carbocycles. The molecule has 1 fully saturated rings. The largest absolute Gasteiger partial charge is 0.381 e. The van der Waals surface area contributed by atoms with Crippen LogP contribution >= 0.6 is 11.3 Å². The van der Waals surface area contributed by atoms with Gasteiger partial charge in [0.15, 0.2) is 0 Å². The van der Waals surface area contributed by atoms with E-state index in [2.05, 4.69) is 17.2 Å². The van der Waals surface area contributed by atoms with Crippen molar-refractivity contribution in [2.45, 2.75) is 44.6 Å². The van der Waals surface area contributed by atoms with Crippen LogP contribution in [0.25, 0.3) is 0 Å². The third kappa shape index (κ3) is 3.52. The monoisotopic (exact) mass is 344 g/mol. The maximum Gasteiger partial charge on any atom is 0.228 e. The predicted octanol–water partition coefficient (Wildman–Crippen LogP) is 3.77. The van der Waals surface area contributed by atoms with E-state index in [1.165, 1.54) is 0 Å². The molecule has 1 aliphatic rings. The summed E-state index contributed by atoms with van der Waals surface area (Å²) in [5.74, 6) is -0.0505. The molecule has 24 heavy (non-hydrogen) atoms. The molecule has 1 N–H and O–H groups in total. The average Bonchev–Trinajstić information content (AvgIpc) is 3.04. The number of thiazole rings is 1. The Kier molecular flexibility index (Phi) is 5.31. The Balaban J connectivity index is 1.85. The van der Waals surface area contributed by atoms with Gasteiger partial charge in [-0.3, -0.25) is 4.79 Å². The first-order valence-electron chi connectivity index (χ1n) is 8.52. The van der Waals surface area contributed by atoms with Gasteiger partial charge in [-0.25, -0.2) is 4.98 Å². The highest BCUT2D eigenvalue weighted by atomic mass is 32.1. The third-order valence-electron chi connectivity index (χ3n) is 4.66. The van der Waals surface area contributed by atoms with Crippen LogP contribution in [-0.4, -0.2) is 24.1 Å². The molecule has 1 aliphatic heterocycles. The fourth-order valence-corrected chi connectivity index (χ4v) is 4.28. The number of nitrogens with one attached hydrogen (secondary N) is 1. The smallest absolute Gasteiger partial charge is 0.228 e. The second-order valence-electron chi connectivity index (χ2n) is 6.35. The van der Waals surface area contributed by atoms with Crippen LogP contribution < -0.4 is 5.32 Å². The standard InChI is InChI=1S/C19H24N2O2S/c1-3-16(15-7-5-4-6-8-15)17(22)21-19(9-11-23-12-10-19)18-20-14(2)13-24-18/h4-8,13,16H,3,9-12H2,1-2H3,(H,21,22)/t16-/m0/s1. The van der Waals surface area contributed by atoms with Crippen LogP contribution in [0.2, 0.25) is 0 Å². The lowest BCUT2D eigenvalue weighted by atomic mass is 9.88. The summed E-state index contributed by atoms with van der Waals surface area (Å²) in [6, 6.07) is 10.0. The highest BCUT2D eigenvalue weighted by Gasteiger charge is 2.39. The average molecular weight is 344 g/mol. The van der Waals surface area contributed by atoms with Crippen LogP contribution in [0.5, 0.6) is 0 Å². The molecule has 0 aliphatic carbocycles. The summed E-state index contributed by atoms with van der Waals surface area (Å²) in [6.07, 6.45) is 2.33. The fraction of sp³-hybridized carbons (Fsp3) is 0.474. The SMILES string of the molecule is CC[C@H](C(=O)NC1(c2nc(C)cs2)CCOCC1)c1ccccc1. The topological polar surface area (TPSA) is 51.2 Å².